The molecule has 4 aromatic heterocycles. The molecule has 7 nitrogen and oxygen atoms in total. The molecular weight excluding hydrogens is 433 g/mol. The first-order valence-corrected chi connectivity index (χ1v) is 10.3. The molecule has 5 rings (SSSR count). The van der Waals surface area contributed by atoms with Crippen LogP contribution in [-0.2, 0) is 6.42 Å². The maximum atomic E-state index is 14.0. The Kier molecular flexibility index (Phi) is 4.86. The summed E-state index contributed by atoms with van der Waals surface area (Å²) in [5, 5.41) is 0.972. The van der Waals surface area contributed by atoms with Crippen molar-refractivity contribution in [3.63, 3.8) is 0 Å². The highest BCUT2D eigenvalue weighted by molar-refractivity contribution is 6.30. The first-order chi connectivity index (χ1) is 15.5. The summed E-state index contributed by atoms with van der Waals surface area (Å²) in [6.45, 7) is 1.96. The third kappa shape index (κ3) is 3.29. The number of hydrogen-bond acceptors (Lipinski definition) is 5. The van der Waals surface area contributed by atoms with E-state index in [1.54, 1.807) is 30.5 Å². The number of hydrogen-bond donors (Lipinski definition) is 2. The van der Waals surface area contributed by atoms with Gasteiger partial charge in [0.05, 0.1) is 35.1 Å². The van der Waals surface area contributed by atoms with Crippen LogP contribution in [0.15, 0.2) is 47.4 Å². The van der Waals surface area contributed by atoms with Crippen LogP contribution >= 0.6 is 11.6 Å². The number of rotatable bonds is 4. The molecule has 0 amide bonds. The van der Waals surface area contributed by atoms with Crippen molar-refractivity contribution in [2.45, 2.75) is 13.3 Å². The van der Waals surface area contributed by atoms with Crippen molar-refractivity contribution in [3.8, 4) is 28.4 Å². The summed E-state index contributed by atoms with van der Waals surface area (Å²) >= 11 is 6.12. The third-order valence-corrected chi connectivity index (χ3v) is 5.48. The number of aromatic nitrogens is 5. The molecule has 160 valence electrons. The van der Waals surface area contributed by atoms with Crippen molar-refractivity contribution in [1.29, 1.82) is 0 Å². The fraction of sp³-hybridized carbons (Fsp3) is 0.130. The summed E-state index contributed by atoms with van der Waals surface area (Å²) in [6.07, 6.45) is 2.20. The summed E-state index contributed by atoms with van der Waals surface area (Å²) in [6, 6.07) is 9.27. The first-order valence-electron chi connectivity index (χ1n) is 9.90. The molecule has 0 aliphatic rings. The molecule has 5 aromatic rings. The fourth-order valence-electron chi connectivity index (χ4n) is 3.80. The van der Waals surface area contributed by atoms with Gasteiger partial charge in [-0.3, -0.25) is 9.78 Å². The van der Waals surface area contributed by atoms with E-state index >= 15 is 0 Å². The normalized spacial score (nSPS) is 11.4. The van der Waals surface area contributed by atoms with Crippen molar-refractivity contribution < 1.29 is 9.13 Å². The van der Waals surface area contributed by atoms with Crippen molar-refractivity contribution >= 4 is 33.5 Å². The van der Waals surface area contributed by atoms with Gasteiger partial charge in [-0.15, -0.1) is 0 Å². The average Bonchev–Trinajstić information content (AvgIpc) is 3.21. The monoisotopic (exact) mass is 449 g/mol. The topological polar surface area (TPSA) is 96.5 Å². The lowest BCUT2D eigenvalue weighted by Gasteiger charge is -2.11. The minimum Gasteiger partial charge on any atom is -0.496 e. The Hall–Kier alpha value is -3.78. The summed E-state index contributed by atoms with van der Waals surface area (Å²) in [5.74, 6) is 0.428. The van der Waals surface area contributed by atoms with Gasteiger partial charge in [-0.1, -0.05) is 18.5 Å². The maximum absolute atomic E-state index is 14.0. The number of aryl methyl sites for hydroxylation is 1. The highest BCUT2D eigenvalue weighted by Gasteiger charge is 2.17. The predicted molar refractivity (Wildman–Crippen MR) is 122 cm³/mol. The van der Waals surface area contributed by atoms with Crippen LogP contribution in [0.1, 0.15) is 12.6 Å². The summed E-state index contributed by atoms with van der Waals surface area (Å²) in [7, 11) is 1.51. The van der Waals surface area contributed by atoms with Crippen molar-refractivity contribution in [3.05, 3.63) is 69.6 Å². The van der Waals surface area contributed by atoms with Crippen LogP contribution in [0.2, 0.25) is 5.15 Å². The van der Waals surface area contributed by atoms with Gasteiger partial charge in [0.15, 0.2) is 0 Å². The van der Waals surface area contributed by atoms with Crippen LogP contribution in [0.25, 0.3) is 44.6 Å². The van der Waals surface area contributed by atoms with Gasteiger partial charge in [0, 0.05) is 23.2 Å². The lowest BCUT2D eigenvalue weighted by atomic mass is 10.0. The molecule has 0 bridgehead atoms. The van der Waals surface area contributed by atoms with Crippen molar-refractivity contribution in [1.82, 2.24) is 24.9 Å². The molecule has 9 heteroatoms. The number of methoxy groups -OCH3 is 1. The number of imidazole rings is 1. The van der Waals surface area contributed by atoms with Crippen LogP contribution in [0.5, 0.6) is 5.75 Å². The number of nitrogens with one attached hydrogen (secondary N) is 2. The Morgan fingerprint density at radius 3 is 2.69 bits per heavy atom. The molecule has 0 unspecified atom stereocenters. The van der Waals surface area contributed by atoms with Gasteiger partial charge in [0.2, 0.25) is 0 Å². The molecule has 0 aliphatic heterocycles. The zero-order valence-corrected chi connectivity index (χ0v) is 17.9. The SMILES string of the molecule is CCc1nc(Cl)cc2[nH]c(-c3cc4c(-c5cc(F)ccc5OC)nccc4[nH]c3=O)nc12. The van der Waals surface area contributed by atoms with E-state index in [4.69, 9.17) is 16.3 Å². The fourth-order valence-corrected chi connectivity index (χ4v) is 4.01. The van der Waals surface area contributed by atoms with Gasteiger partial charge in [-0.05, 0) is 36.8 Å². The molecule has 0 saturated carbocycles. The molecule has 4 heterocycles. The quantitative estimate of drug-likeness (QED) is 0.381. The number of ether oxygens (including phenoxy) is 1. The smallest absolute Gasteiger partial charge is 0.259 e. The zero-order chi connectivity index (χ0) is 22.4. The number of aromatic amines is 2. The molecule has 0 atom stereocenters. The Bertz CT molecular complexity index is 1560. The van der Waals surface area contributed by atoms with Crippen LogP contribution in [0, 0.1) is 5.82 Å². The second kappa shape index (κ2) is 7.72. The minimum atomic E-state index is -0.419. The molecule has 0 spiro atoms. The average molecular weight is 450 g/mol. The van der Waals surface area contributed by atoms with Crippen molar-refractivity contribution in [2.75, 3.05) is 7.11 Å². The molecule has 32 heavy (non-hydrogen) atoms. The van der Waals surface area contributed by atoms with Gasteiger partial charge in [0.25, 0.3) is 5.56 Å². The number of fused-ring (bicyclic) bond motifs is 2. The molecule has 0 radical (unpaired) electrons. The van der Waals surface area contributed by atoms with E-state index in [1.807, 2.05) is 6.92 Å². The third-order valence-electron chi connectivity index (χ3n) is 5.29. The van der Waals surface area contributed by atoms with Gasteiger partial charge in [0.1, 0.15) is 28.1 Å². The summed E-state index contributed by atoms with van der Waals surface area (Å²) in [5.41, 5.74) is 3.59. The maximum Gasteiger partial charge on any atom is 0.259 e. The molecule has 1 aromatic carbocycles. The lowest BCUT2D eigenvalue weighted by molar-refractivity contribution is 0.415. The van der Waals surface area contributed by atoms with E-state index in [0.717, 1.165) is 5.69 Å². The van der Waals surface area contributed by atoms with Crippen LogP contribution < -0.4 is 10.3 Å². The number of pyridine rings is 3. The molecule has 0 aliphatic carbocycles. The number of H-pyrrole nitrogens is 2. The first kappa shape index (κ1) is 20.1. The Morgan fingerprint density at radius 2 is 1.91 bits per heavy atom. The minimum absolute atomic E-state index is 0.316. The van der Waals surface area contributed by atoms with Crippen LogP contribution in [-0.4, -0.2) is 32.0 Å². The van der Waals surface area contributed by atoms with Crippen molar-refractivity contribution in [2.24, 2.45) is 0 Å². The summed E-state index contributed by atoms with van der Waals surface area (Å²) in [4.78, 5) is 32.3. The number of benzene rings is 1. The largest absolute Gasteiger partial charge is 0.496 e. The van der Waals surface area contributed by atoms with E-state index in [2.05, 4.69) is 24.9 Å². The predicted octanol–water partition coefficient (Wildman–Crippen LogP) is 4.89. The molecule has 2 N–H and O–H groups in total. The Morgan fingerprint density at radius 1 is 1.06 bits per heavy atom. The highest BCUT2D eigenvalue weighted by atomic mass is 35.5. The molecule has 0 fully saturated rings. The summed E-state index contributed by atoms with van der Waals surface area (Å²) < 4.78 is 19.4. The zero-order valence-electron chi connectivity index (χ0n) is 17.2. The van der Waals surface area contributed by atoms with E-state index in [1.165, 1.54) is 19.2 Å². The van der Waals surface area contributed by atoms with E-state index in [-0.39, 0.29) is 5.56 Å². The Balaban J connectivity index is 1.77. The second-order valence-corrected chi connectivity index (χ2v) is 7.59. The van der Waals surface area contributed by atoms with Crippen LogP contribution in [0.4, 0.5) is 4.39 Å². The highest BCUT2D eigenvalue weighted by Crippen LogP contribution is 2.34. The number of nitrogens with zero attached hydrogens (tertiary/aromatic N) is 3. The molecule has 0 saturated heterocycles. The second-order valence-electron chi connectivity index (χ2n) is 7.20. The Labute approximate surface area is 186 Å². The van der Waals surface area contributed by atoms with Crippen LogP contribution in [0.3, 0.4) is 0 Å². The molecular formula is C23H17ClFN5O2. The van der Waals surface area contributed by atoms with E-state index in [0.29, 0.717) is 61.9 Å². The van der Waals surface area contributed by atoms with Gasteiger partial charge in [-0.2, -0.15) is 0 Å². The van der Waals surface area contributed by atoms with Gasteiger partial charge in [-0.25, -0.2) is 14.4 Å². The van der Waals surface area contributed by atoms with E-state index < -0.39 is 5.82 Å². The lowest BCUT2D eigenvalue weighted by Crippen LogP contribution is -2.10. The van der Waals surface area contributed by atoms with Gasteiger partial charge >= 0.3 is 0 Å². The van der Waals surface area contributed by atoms with Gasteiger partial charge < -0.3 is 14.7 Å². The van der Waals surface area contributed by atoms with E-state index in [9.17, 15) is 9.18 Å². The standard InChI is InChI=1S/C23H17ClFN5O2/c1-3-15-21-17(10-19(24)27-15)28-22(30-21)14-9-12-16(29-23(14)31)6-7-26-20(12)13-8-11(25)4-5-18(13)32-2/h4-10H,3H2,1-2H3,(H,28,30)(H,29,31). The number of halogens is 2.